The Morgan fingerprint density at radius 2 is 2.18 bits per heavy atom. The van der Waals surface area contributed by atoms with Gasteiger partial charge in [0.2, 0.25) is 0 Å². The van der Waals surface area contributed by atoms with Gasteiger partial charge in [-0.25, -0.2) is 0 Å². The summed E-state index contributed by atoms with van der Waals surface area (Å²) >= 11 is 3.75. The van der Waals surface area contributed by atoms with Crippen LogP contribution >= 0.6 is 22.5 Å². The molecule has 11 heavy (non-hydrogen) atoms. The van der Waals surface area contributed by atoms with E-state index in [0.29, 0.717) is 5.75 Å². The molecular formula is C4H8O4S3. The zero-order chi connectivity index (χ0) is 8.91. The molecule has 0 aliphatic rings. The highest BCUT2D eigenvalue weighted by molar-refractivity contribution is 8.68. The van der Waals surface area contributed by atoms with E-state index in [-0.39, 0.29) is 12.7 Å². The van der Waals surface area contributed by atoms with E-state index in [1.165, 1.54) is 0 Å². The van der Waals surface area contributed by atoms with E-state index in [4.69, 9.17) is 4.55 Å². The van der Waals surface area contributed by atoms with Crippen molar-refractivity contribution in [3.8, 4) is 0 Å². The van der Waals surface area contributed by atoms with Crippen molar-refractivity contribution in [1.82, 2.24) is 0 Å². The van der Waals surface area contributed by atoms with Crippen molar-refractivity contribution >= 4 is 38.9 Å². The zero-order valence-corrected chi connectivity index (χ0v) is 8.03. The first-order valence-corrected chi connectivity index (χ1v) is 6.24. The van der Waals surface area contributed by atoms with Gasteiger partial charge in [-0.1, -0.05) is 10.8 Å². The van der Waals surface area contributed by atoms with Gasteiger partial charge >= 0.3 is 0 Å². The number of rotatable bonds is 5. The van der Waals surface area contributed by atoms with Crippen molar-refractivity contribution in [1.29, 1.82) is 0 Å². The van der Waals surface area contributed by atoms with Crippen molar-refractivity contribution in [2.75, 3.05) is 5.75 Å². The topological polar surface area (TPSA) is 71.4 Å². The minimum Gasteiger partial charge on any atom is -0.302 e. The lowest BCUT2D eigenvalue weighted by molar-refractivity contribution is -0.107. The highest BCUT2D eigenvalue weighted by Crippen LogP contribution is 2.11. The molecule has 66 valence electrons. The third kappa shape index (κ3) is 4.67. The Morgan fingerprint density at radius 1 is 1.64 bits per heavy atom. The van der Waals surface area contributed by atoms with E-state index >= 15 is 0 Å². The lowest BCUT2D eigenvalue weighted by Crippen LogP contribution is -2.22. The van der Waals surface area contributed by atoms with Crippen LogP contribution in [0.1, 0.15) is 6.42 Å². The predicted octanol–water partition coefficient (Wildman–Crippen LogP) is 0.410. The third-order valence-corrected chi connectivity index (χ3v) is 3.11. The molecule has 0 spiro atoms. The molecule has 0 bridgehead atoms. The molecule has 0 radical (unpaired) electrons. The molecule has 1 unspecified atom stereocenters. The molecule has 0 aromatic heterocycles. The van der Waals surface area contributed by atoms with Gasteiger partial charge in [0, 0.05) is 5.75 Å². The summed E-state index contributed by atoms with van der Waals surface area (Å²) in [6, 6.07) is 0. The molecule has 0 heterocycles. The average molecular weight is 216 g/mol. The lowest BCUT2D eigenvalue weighted by atomic mass is 10.4. The number of aldehydes is 1. The van der Waals surface area contributed by atoms with Gasteiger partial charge in [-0.2, -0.15) is 8.42 Å². The van der Waals surface area contributed by atoms with Crippen LogP contribution in [0.25, 0.3) is 0 Å². The van der Waals surface area contributed by atoms with Crippen molar-refractivity contribution in [2.45, 2.75) is 11.7 Å². The maximum Gasteiger partial charge on any atom is 0.274 e. The maximum atomic E-state index is 10.4. The Balaban J connectivity index is 4.08. The summed E-state index contributed by atoms with van der Waals surface area (Å²) in [5, 5.41) is -1.30. The summed E-state index contributed by atoms with van der Waals surface area (Å²) in [5.41, 5.74) is 0. The monoisotopic (exact) mass is 216 g/mol. The van der Waals surface area contributed by atoms with Gasteiger partial charge in [-0.05, 0) is 6.42 Å². The molecule has 0 aromatic carbocycles. The van der Waals surface area contributed by atoms with Crippen LogP contribution in [-0.2, 0) is 14.9 Å². The number of carbonyl (C=O) groups excluding carboxylic acids is 1. The zero-order valence-electron chi connectivity index (χ0n) is 5.50. The Morgan fingerprint density at radius 3 is 2.45 bits per heavy atom. The fourth-order valence-corrected chi connectivity index (χ4v) is 1.84. The third-order valence-electron chi connectivity index (χ3n) is 1.03. The smallest absolute Gasteiger partial charge is 0.274 e. The van der Waals surface area contributed by atoms with E-state index in [2.05, 4.69) is 11.7 Å². The van der Waals surface area contributed by atoms with Crippen molar-refractivity contribution in [3.63, 3.8) is 0 Å². The van der Waals surface area contributed by atoms with Crippen LogP contribution in [0.4, 0.5) is 0 Å². The van der Waals surface area contributed by atoms with Crippen LogP contribution in [-0.4, -0.2) is 30.3 Å². The number of thiol groups is 1. The average Bonchev–Trinajstić information content (AvgIpc) is 1.87. The minimum absolute atomic E-state index is 0.0938. The standard InChI is InChI=1S/C4H8O4S3/c5-3-4(1-2-10-9)11(6,7)8/h3-4,9H,1-2H2,(H,6,7,8). The highest BCUT2D eigenvalue weighted by Gasteiger charge is 2.21. The molecule has 1 N–H and O–H groups in total. The Bertz CT molecular complexity index is 209. The summed E-state index contributed by atoms with van der Waals surface area (Å²) in [6.45, 7) is 0. The molecule has 0 saturated carbocycles. The quantitative estimate of drug-likeness (QED) is 0.301. The van der Waals surface area contributed by atoms with Crippen LogP contribution in [0, 0.1) is 0 Å². The second kappa shape index (κ2) is 5.02. The van der Waals surface area contributed by atoms with Gasteiger partial charge in [0.15, 0.2) is 0 Å². The molecule has 7 heteroatoms. The van der Waals surface area contributed by atoms with E-state index in [1.54, 1.807) is 0 Å². The molecule has 0 aliphatic heterocycles. The van der Waals surface area contributed by atoms with Gasteiger partial charge in [0.05, 0.1) is 0 Å². The van der Waals surface area contributed by atoms with Gasteiger partial charge < -0.3 is 4.79 Å². The van der Waals surface area contributed by atoms with Crippen molar-refractivity contribution < 1.29 is 17.8 Å². The fraction of sp³-hybridized carbons (Fsp3) is 0.750. The van der Waals surface area contributed by atoms with Crippen LogP contribution in [0.15, 0.2) is 0 Å². The number of hydrogen-bond acceptors (Lipinski definition) is 5. The maximum absolute atomic E-state index is 10.4. The Labute approximate surface area is 74.3 Å². The number of carbonyl (C=O) groups is 1. The minimum atomic E-state index is -4.20. The molecule has 0 rings (SSSR count). The van der Waals surface area contributed by atoms with Gasteiger partial charge in [-0.15, -0.1) is 11.7 Å². The summed E-state index contributed by atoms with van der Waals surface area (Å²) < 4.78 is 29.1. The normalized spacial score (nSPS) is 14.4. The van der Waals surface area contributed by atoms with Crippen molar-refractivity contribution in [3.05, 3.63) is 0 Å². The van der Waals surface area contributed by atoms with E-state index in [9.17, 15) is 13.2 Å². The summed E-state index contributed by atoms with van der Waals surface area (Å²) in [7, 11) is -3.08. The van der Waals surface area contributed by atoms with Crippen molar-refractivity contribution in [2.24, 2.45) is 0 Å². The Kier molecular flexibility index (Phi) is 5.15. The molecule has 1 atom stereocenters. The van der Waals surface area contributed by atoms with E-state index in [0.717, 1.165) is 10.8 Å². The summed E-state index contributed by atoms with van der Waals surface area (Å²) in [5.74, 6) is 0.409. The molecule has 0 amide bonds. The molecule has 0 aliphatic carbocycles. The molecule has 0 aromatic rings. The van der Waals surface area contributed by atoms with Crippen LogP contribution in [0.2, 0.25) is 0 Å². The first-order valence-electron chi connectivity index (χ1n) is 2.70. The van der Waals surface area contributed by atoms with Crippen LogP contribution < -0.4 is 0 Å². The van der Waals surface area contributed by atoms with Gasteiger partial charge in [-0.3, -0.25) is 4.55 Å². The SMILES string of the molecule is O=CC(CCSS)S(=O)(=O)O. The lowest BCUT2D eigenvalue weighted by Gasteiger charge is -2.03. The number of hydrogen-bond donors (Lipinski definition) is 2. The first kappa shape index (κ1) is 11.3. The first-order chi connectivity index (χ1) is 5.02. The second-order valence-corrected chi connectivity index (χ2v) is 4.89. The van der Waals surface area contributed by atoms with Crippen LogP contribution in [0.5, 0.6) is 0 Å². The van der Waals surface area contributed by atoms with E-state index < -0.39 is 15.4 Å². The highest BCUT2D eigenvalue weighted by atomic mass is 33.1. The fourth-order valence-electron chi connectivity index (χ4n) is 0.456. The van der Waals surface area contributed by atoms with E-state index in [1.807, 2.05) is 0 Å². The molecule has 0 fully saturated rings. The second-order valence-electron chi connectivity index (χ2n) is 1.81. The Hall–Kier alpha value is 0.280. The van der Waals surface area contributed by atoms with Gasteiger partial charge in [0.25, 0.3) is 10.1 Å². The summed E-state index contributed by atoms with van der Waals surface area (Å²) in [4.78, 5) is 10.1. The predicted molar refractivity (Wildman–Crippen MR) is 47.5 cm³/mol. The molecule has 4 nitrogen and oxygen atoms in total. The molecule has 0 saturated heterocycles. The van der Waals surface area contributed by atoms with Crippen LogP contribution in [0.3, 0.4) is 0 Å². The van der Waals surface area contributed by atoms with Gasteiger partial charge in [0.1, 0.15) is 11.5 Å². The molecular weight excluding hydrogens is 208 g/mol. The largest absolute Gasteiger partial charge is 0.302 e. The summed E-state index contributed by atoms with van der Waals surface area (Å²) in [6.07, 6.45) is 0.315.